The Balaban J connectivity index is 1.42. The van der Waals surface area contributed by atoms with E-state index in [-0.39, 0.29) is 55.3 Å². The Kier molecular flexibility index (Phi) is 14.1. The van der Waals surface area contributed by atoms with E-state index in [2.05, 4.69) is 31.6 Å². The summed E-state index contributed by atoms with van der Waals surface area (Å²) in [6.07, 6.45) is -2.08. The Labute approximate surface area is 324 Å². The maximum absolute atomic E-state index is 14.7. The molecule has 1 fully saturated rings. The number of benzene rings is 2. The van der Waals surface area contributed by atoms with Gasteiger partial charge in [0.05, 0.1) is 17.5 Å². The summed E-state index contributed by atoms with van der Waals surface area (Å²) >= 11 is 0. The van der Waals surface area contributed by atoms with Crippen molar-refractivity contribution in [3.8, 4) is 0 Å². The fourth-order valence-electron chi connectivity index (χ4n) is 7.56. The lowest BCUT2D eigenvalue weighted by atomic mass is 9.78. The lowest BCUT2D eigenvalue weighted by Gasteiger charge is -2.40. The van der Waals surface area contributed by atoms with E-state index in [1.165, 1.54) is 24.3 Å². The van der Waals surface area contributed by atoms with Crippen molar-refractivity contribution < 1.29 is 41.5 Å². The van der Waals surface area contributed by atoms with Gasteiger partial charge in [0.1, 0.15) is 17.4 Å². The summed E-state index contributed by atoms with van der Waals surface area (Å²) in [4.78, 5) is 58.1. The lowest BCUT2D eigenvalue weighted by Crippen LogP contribution is -2.67. The molecule has 1 aromatic heterocycles. The largest absolute Gasteiger partial charge is 0.418 e. The molecule has 2 aliphatic rings. The van der Waals surface area contributed by atoms with Gasteiger partial charge < -0.3 is 36.3 Å². The third-order valence-electron chi connectivity index (χ3n) is 11.6. The first-order chi connectivity index (χ1) is 26.7. The fraction of sp³-hybridized carbons (Fsp3) is 0.561. The van der Waals surface area contributed by atoms with Crippen LogP contribution in [0.2, 0.25) is 0 Å². The predicted octanol–water partition coefficient (Wildman–Crippen LogP) is 5.70. The summed E-state index contributed by atoms with van der Waals surface area (Å²) in [6, 6.07) is 7.65. The SMILES string of the molecule is CCC(C)[C@H](NC(=O)Cc1ccccc1F)C(=O)N[C@]1(C(=O)N[C@H](CNC(=O)NCC2CCOCC2)C(C)CC)CCc2[nH]c3c(C(F)(F)F)cccc3c2C1. The van der Waals surface area contributed by atoms with Gasteiger partial charge in [0.2, 0.25) is 17.7 Å². The summed E-state index contributed by atoms with van der Waals surface area (Å²) in [7, 11) is 0. The van der Waals surface area contributed by atoms with Crippen molar-refractivity contribution in [2.24, 2.45) is 17.8 Å². The van der Waals surface area contributed by atoms with Gasteiger partial charge in [-0.25, -0.2) is 9.18 Å². The molecule has 2 aromatic carbocycles. The molecule has 3 aromatic rings. The molecule has 0 bridgehead atoms. The zero-order chi connectivity index (χ0) is 40.6. The highest BCUT2D eigenvalue weighted by atomic mass is 19.4. The van der Waals surface area contributed by atoms with Gasteiger partial charge in [-0.3, -0.25) is 14.4 Å². The van der Waals surface area contributed by atoms with E-state index < -0.39 is 58.8 Å². The number of ether oxygens (including phenoxy) is 1. The molecule has 0 saturated carbocycles. The van der Waals surface area contributed by atoms with Crippen LogP contribution in [-0.4, -0.2) is 72.7 Å². The maximum Gasteiger partial charge on any atom is 0.418 e. The molecule has 1 aliphatic carbocycles. The van der Waals surface area contributed by atoms with Crippen LogP contribution in [0.5, 0.6) is 0 Å². The molecule has 56 heavy (non-hydrogen) atoms. The number of rotatable bonds is 15. The number of urea groups is 1. The highest BCUT2D eigenvalue weighted by molar-refractivity contribution is 5.97. The number of aromatic amines is 1. The zero-order valence-electron chi connectivity index (χ0n) is 32.5. The van der Waals surface area contributed by atoms with Gasteiger partial charge in [0, 0.05) is 49.8 Å². The van der Waals surface area contributed by atoms with Crippen LogP contribution >= 0.6 is 0 Å². The van der Waals surface area contributed by atoms with Gasteiger partial charge in [-0.15, -0.1) is 0 Å². The third kappa shape index (κ3) is 10.2. The van der Waals surface area contributed by atoms with Gasteiger partial charge >= 0.3 is 12.2 Å². The minimum atomic E-state index is -4.63. The first-order valence-corrected chi connectivity index (χ1v) is 19.6. The topological polar surface area (TPSA) is 153 Å². The van der Waals surface area contributed by atoms with E-state index in [4.69, 9.17) is 4.74 Å². The van der Waals surface area contributed by atoms with Gasteiger partial charge in [-0.05, 0) is 66.7 Å². The molecule has 0 radical (unpaired) electrons. The van der Waals surface area contributed by atoms with Gasteiger partial charge in [-0.2, -0.15) is 13.2 Å². The van der Waals surface area contributed by atoms with E-state index in [1.54, 1.807) is 19.1 Å². The normalized spacial score (nSPS) is 19.6. The number of hydrogen-bond donors (Lipinski definition) is 6. The number of carbonyl (C=O) groups is 4. The smallest absolute Gasteiger partial charge is 0.381 e. The minimum Gasteiger partial charge on any atom is -0.381 e. The van der Waals surface area contributed by atoms with Crippen molar-refractivity contribution in [1.29, 1.82) is 0 Å². The fourth-order valence-corrected chi connectivity index (χ4v) is 7.56. The molecule has 5 atom stereocenters. The van der Waals surface area contributed by atoms with E-state index in [0.717, 1.165) is 18.9 Å². The maximum atomic E-state index is 14.7. The number of nitrogens with one attached hydrogen (secondary N) is 6. The number of H-pyrrole nitrogens is 1. The van der Waals surface area contributed by atoms with Crippen LogP contribution in [0.4, 0.5) is 22.4 Å². The Morgan fingerprint density at radius 2 is 1.66 bits per heavy atom. The van der Waals surface area contributed by atoms with Crippen LogP contribution in [0.15, 0.2) is 42.5 Å². The number of aromatic nitrogens is 1. The molecule has 306 valence electrons. The zero-order valence-corrected chi connectivity index (χ0v) is 32.5. The predicted molar refractivity (Wildman–Crippen MR) is 204 cm³/mol. The molecule has 2 heterocycles. The summed E-state index contributed by atoms with van der Waals surface area (Å²) in [6.45, 7) is 9.36. The third-order valence-corrected chi connectivity index (χ3v) is 11.6. The summed E-state index contributed by atoms with van der Waals surface area (Å²) in [5.41, 5.74) is -1.42. The van der Waals surface area contributed by atoms with Crippen molar-refractivity contribution in [1.82, 2.24) is 31.6 Å². The summed E-state index contributed by atoms with van der Waals surface area (Å²) in [5.74, 6) is -2.58. The molecular weight excluding hydrogens is 732 g/mol. The standard InChI is InChI=1S/C41H54F4N6O5/c1-5-24(3)33(23-47-39(55)46-22-26-15-18-56-19-16-26)49-38(54)40(17-14-32-29(21-40)28-11-9-12-30(36(28)48-32)41(43,44)45)51-37(53)35(25(4)6-2)50-34(52)20-27-10-7-8-13-31(27)42/h7-13,24-26,33,35,48H,5-6,14-23H2,1-4H3,(H,49,54)(H,50,52)(H,51,53)(H2,46,47,55)/t24?,25?,33-,35+,40-/m1/s1. The van der Waals surface area contributed by atoms with Gasteiger partial charge in [0.25, 0.3) is 0 Å². The molecule has 6 N–H and O–H groups in total. The number of amides is 5. The number of hydrogen-bond acceptors (Lipinski definition) is 5. The monoisotopic (exact) mass is 786 g/mol. The number of para-hydroxylation sites is 1. The lowest BCUT2D eigenvalue weighted by molar-refractivity contribution is -0.137. The van der Waals surface area contributed by atoms with Gasteiger partial charge in [-0.1, -0.05) is 70.9 Å². The van der Waals surface area contributed by atoms with Crippen molar-refractivity contribution in [3.05, 3.63) is 70.7 Å². The second-order valence-electron chi connectivity index (χ2n) is 15.4. The molecular formula is C41H54F4N6O5. The van der Waals surface area contributed by atoms with E-state index in [0.29, 0.717) is 55.2 Å². The molecule has 1 saturated heterocycles. The average Bonchev–Trinajstić information content (AvgIpc) is 3.55. The quantitative estimate of drug-likeness (QED) is 0.109. The number of alkyl halides is 3. The van der Waals surface area contributed by atoms with Crippen molar-refractivity contribution in [2.45, 2.75) is 103 Å². The summed E-state index contributed by atoms with van der Waals surface area (Å²) < 4.78 is 62.1. The number of fused-ring (bicyclic) bond motifs is 3. The second kappa shape index (κ2) is 18.5. The van der Waals surface area contributed by atoms with E-state index >= 15 is 0 Å². The van der Waals surface area contributed by atoms with E-state index in [9.17, 15) is 36.7 Å². The first kappa shape index (κ1) is 42.5. The highest BCUT2D eigenvalue weighted by Crippen LogP contribution is 2.40. The number of carbonyl (C=O) groups excluding carboxylic acids is 4. The molecule has 15 heteroatoms. The molecule has 5 rings (SSSR count). The van der Waals surface area contributed by atoms with Crippen molar-refractivity contribution in [2.75, 3.05) is 26.3 Å². The first-order valence-electron chi connectivity index (χ1n) is 19.6. The Morgan fingerprint density at radius 1 is 0.946 bits per heavy atom. The van der Waals surface area contributed by atoms with Crippen LogP contribution in [0.3, 0.4) is 0 Å². The van der Waals surface area contributed by atoms with Crippen molar-refractivity contribution in [3.63, 3.8) is 0 Å². The minimum absolute atomic E-state index is 0.0361. The molecule has 0 spiro atoms. The van der Waals surface area contributed by atoms with Crippen molar-refractivity contribution >= 4 is 34.7 Å². The molecule has 5 amide bonds. The second-order valence-corrected chi connectivity index (χ2v) is 15.4. The highest BCUT2D eigenvalue weighted by Gasteiger charge is 2.47. The van der Waals surface area contributed by atoms with Crippen LogP contribution in [0.25, 0.3) is 10.9 Å². The van der Waals surface area contributed by atoms with Crippen LogP contribution in [0, 0.1) is 23.6 Å². The molecule has 1 aliphatic heterocycles. The molecule has 2 unspecified atom stereocenters. The van der Waals surface area contributed by atoms with E-state index in [1.807, 2.05) is 20.8 Å². The average molecular weight is 787 g/mol. The Bertz CT molecular complexity index is 1860. The van der Waals surface area contributed by atoms with Crippen LogP contribution in [0.1, 0.15) is 82.2 Å². The Hall–Kier alpha value is -4.66. The van der Waals surface area contributed by atoms with Crippen LogP contribution in [-0.2, 0) is 44.6 Å². The Morgan fingerprint density at radius 3 is 2.34 bits per heavy atom. The number of aryl methyl sites for hydroxylation is 1. The molecule has 11 nitrogen and oxygen atoms in total. The number of halogens is 4. The van der Waals surface area contributed by atoms with Gasteiger partial charge in [0.15, 0.2) is 0 Å². The summed E-state index contributed by atoms with van der Waals surface area (Å²) in [5, 5.41) is 14.9. The van der Waals surface area contributed by atoms with Crippen LogP contribution < -0.4 is 26.6 Å².